The summed E-state index contributed by atoms with van der Waals surface area (Å²) in [7, 11) is 0. The molecule has 2 rings (SSSR count). The van der Waals surface area contributed by atoms with Gasteiger partial charge in [-0.15, -0.1) is 0 Å². The van der Waals surface area contributed by atoms with Crippen LogP contribution in [0.2, 0.25) is 10.6 Å². The largest absolute Gasteiger partial charge is 0.507 e. The van der Waals surface area contributed by atoms with Gasteiger partial charge in [-0.05, 0) is 73.9 Å². The van der Waals surface area contributed by atoms with Gasteiger partial charge in [-0.25, -0.2) is 0 Å². The van der Waals surface area contributed by atoms with E-state index in [1.807, 2.05) is 0 Å². The summed E-state index contributed by atoms with van der Waals surface area (Å²) in [4.78, 5) is 11.6. The number of aromatic nitrogens is 3. The van der Waals surface area contributed by atoms with Crippen molar-refractivity contribution >= 4 is 23.2 Å². The minimum atomic E-state index is -0.431. The van der Waals surface area contributed by atoms with E-state index >= 15 is 0 Å². The molecule has 10 heteroatoms. The van der Waals surface area contributed by atoms with Gasteiger partial charge in [0, 0.05) is 12.7 Å². The van der Waals surface area contributed by atoms with E-state index in [9.17, 15) is 15.3 Å². The van der Waals surface area contributed by atoms with Crippen molar-refractivity contribution in [2.45, 2.75) is 82.8 Å². The summed E-state index contributed by atoms with van der Waals surface area (Å²) >= 11 is 11.6. The van der Waals surface area contributed by atoms with Crippen molar-refractivity contribution in [1.82, 2.24) is 15.0 Å². The summed E-state index contributed by atoms with van der Waals surface area (Å²) in [6, 6.07) is 4.90. The number of rotatable bonds is 17. The van der Waals surface area contributed by atoms with Crippen LogP contribution in [0.5, 0.6) is 11.5 Å². The molecule has 0 radical (unpaired) electrons. The maximum Gasteiger partial charge on any atom is 0.227 e. The molecule has 1 aromatic heterocycles. The third-order valence-electron chi connectivity index (χ3n) is 5.52. The molecule has 0 saturated carbocycles. The van der Waals surface area contributed by atoms with Crippen molar-refractivity contribution < 1.29 is 25.2 Å². The Labute approximate surface area is 211 Å². The average Bonchev–Trinajstić information content (AvgIpc) is 2.79. The number of ether oxygens (including phenoxy) is 1. The summed E-state index contributed by atoms with van der Waals surface area (Å²) in [5.74, 6) is 0.720. The van der Waals surface area contributed by atoms with Crippen LogP contribution in [0.4, 0.5) is 0 Å². The van der Waals surface area contributed by atoms with Gasteiger partial charge >= 0.3 is 0 Å². The molecule has 0 amide bonds. The van der Waals surface area contributed by atoms with E-state index < -0.39 is 6.10 Å². The topological polar surface area (TPSA) is 129 Å². The molecule has 8 nitrogen and oxygen atoms in total. The fourth-order valence-electron chi connectivity index (χ4n) is 3.62. The summed E-state index contributed by atoms with van der Waals surface area (Å²) < 4.78 is 5.72. The summed E-state index contributed by atoms with van der Waals surface area (Å²) in [5, 5.41) is 38.7. The van der Waals surface area contributed by atoms with E-state index in [1.54, 1.807) is 12.1 Å². The number of hydrogen-bond acceptors (Lipinski definition) is 8. The third-order valence-corrected chi connectivity index (χ3v) is 5.86. The molecule has 0 aliphatic carbocycles. The van der Waals surface area contributed by atoms with E-state index in [1.165, 1.54) is 6.07 Å². The number of nitrogens with zero attached hydrogens (tertiary/aromatic N) is 3. The molecule has 4 N–H and O–H groups in total. The van der Waals surface area contributed by atoms with Crippen LogP contribution in [0.25, 0.3) is 11.4 Å². The Hall–Kier alpha value is -1.71. The van der Waals surface area contributed by atoms with E-state index in [-0.39, 0.29) is 34.9 Å². The fraction of sp³-hybridized carbons (Fsp3) is 0.625. The van der Waals surface area contributed by atoms with E-state index in [4.69, 9.17) is 33.0 Å². The van der Waals surface area contributed by atoms with Crippen LogP contribution in [0.1, 0.15) is 70.6 Å². The highest BCUT2D eigenvalue weighted by atomic mass is 35.5. The Morgan fingerprint density at radius 2 is 1.35 bits per heavy atom. The van der Waals surface area contributed by atoms with Crippen LogP contribution >= 0.6 is 23.2 Å². The van der Waals surface area contributed by atoms with Crippen LogP contribution < -0.4 is 4.74 Å². The van der Waals surface area contributed by atoms with Gasteiger partial charge in [-0.3, -0.25) is 0 Å². The van der Waals surface area contributed by atoms with Crippen molar-refractivity contribution in [3.63, 3.8) is 0 Å². The van der Waals surface area contributed by atoms with Crippen LogP contribution in [0, 0.1) is 0 Å². The van der Waals surface area contributed by atoms with Crippen molar-refractivity contribution in [2.24, 2.45) is 0 Å². The first-order valence-electron chi connectivity index (χ1n) is 11.9. The number of unbranched alkanes of at least 4 members (excludes halogenated alkanes) is 5. The zero-order valence-corrected chi connectivity index (χ0v) is 20.9. The molecule has 0 saturated heterocycles. The Bertz CT molecular complexity index is 839. The maximum absolute atomic E-state index is 10.3. The highest BCUT2D eigenvalue weighted by Gasteiger charge is 2.12. The molecular weight excluding hydrogens is 481 g/mol. The fourth-order valence-corrected chi connectivity index (χ4v) is 3.98. The van der Waals surface area contributed by atoms with Crippen molar-refractivity contribution in [3.8, 4) is 22.9 Å². The summed E-state index contributed by atoms with van der Waals surface area (Å²) in [6.07, 6.45) is 8.58. The smallest absolute Gasteiger partial charge is 0.227 e. The first-order chi connectivity index (χ1) is 16.4. The summed E-state index contributed by atoms with van der Waals surface area (Å²) in [6.45, 7) is 0.650. The van der Waals surface area contributed by atoms with E-state index in [2.05, 4.69) is 15.0 Å². The molecule has 190 valence electrons. The number of phenolic OH excluding ortho intramolecular Hbond substituents is 1. The molecule has 2 atom stereocenters. The second-order valence-corrected chi connectivity index (χ2v) is 9.06. The third kappa shape index (κ3) is 11.1. The Kier molecular flexibility index (Phi) is 13.5. The molecule has 0 bridgehead atoms. The number of benzene rings is 1. The number of aliphatic hydroxyl groups is 3. The van der Waals surface area contributed by atoms with Gasteiger partial charge in [0.05, 0.1) is 24.4 Å². The predicted octanol–water partition coefficient (Wildman–Crippen LogP) is 4.94. The normalized spacial score (nSPS) is 13.1. The van der Waals surface area contributed by atoms with Crippen LogP contribution in [-0.4, -0.2) is 60.8 Å². The Balaban J connectivity index is 1.54. The molecule has 34 heavy (non-hydrogen) atoms. The minimum absolute atomic E-state index is 0.0299. The van der Waals surface area contributed by atoms with Crippen molar-refractivity contribution in [1.29, 1.82) is 0 Å². The Morgan fingerprint density at radius 3 is 1.97 bits per heavy atom. The number of hydrogen-bond donors (Lipinski definition) is 4. The van der Waals surface area contributed by atoms with E-state index in [0.29, 0.717) is 43.6 Å². The predicted molar refractivity (Wildman–Crippen MR) is 132 cm³/mol. The molecule has 0 aliphatic heterocycles. The number of aliphatic hydroxyl groups excluding tert-OH is 3. The quantitative estimate of drug-likeness (QED) is 0.218. The van der Waals surface area contributed by atoms with Gasteiger partial charge in [0.1, 0.15) is 11.5 Å². The zero-order valence-electron chi connectivity index (χ0n) is 19.4. The van der Waals surface area contributed by atoms with Gasteiger partial charge < -0.3 is 25.2 Å². The first kappa shape index (κ1) is 28.5. The second kappa shape index (κ2) is 16.1. The maximum atomic E-state index is 10.3. The highest BCUT2D eigenvalue weighted by Crippen LogP contribution is 2.31. The molecular formula is C24H35Cl2N3O5. The van der Waals surface area contributed by atoms with Crippen LogP contribution in [0.3, 0.4) is 0 Å². The zero-order chi connectivity index (χ0) is 24.8. The molecule has 2 unspecified atom stereocenters. The number of phenols is 1. The van der Waals surface area contributed by atoms with E-state index in [0.717, 1.165) is 44.9 Å². The highest BCUT2D eigenvalue weighted by molar-refractivity contribution is 6.31. The average molecular weight is 516 g/mol. The molecule has 2 aromatic rings. The molecule has 0 fully saturated rings. The lowest BCUT2D eigenvalue weighted by molar-refractivity contribution is 0.0977. The minimum Gasteiger partial charge on any atom is -0.507 e. The second-order valence-electron chi connectivity index (χ2n) is 8.39. The van der Waals surface area contributed by atoms with Gasteiger partial charge in [-0.1, -0.05) is 32.1 Å². The lowest BCUT2D eigenvalue weighted by atomic mass is 10.0. The lowest BCUT2D eigenvalue weighted by Gasteiger charge is -2.14. The number of halogens is 2. The van der Waals surface area contributed by atoms with Gasteiger partial charge in [0.25, 0.3) is 0 Å². The van der Waals surface area contributed by atoms with Gasteiger partial charge in [0.15, 0.2) is 5.82 Å². The molecule has 1 aromatic carbocycles. The molecule has 0 aliphatic rings. The molecule has 0 spiro atoms. The standard InChI is InChI=1S/C24H35Cl2N3O5/c25-23-27-22(28-24(26)29-23)20-13-12-19(16-21(20)33)34-15-6-4-2-1-3-5-8-17(31)10-11-18(32)9-7-14-30/h12-13,16-18,30-33H,1-11,14-15H2. The van der Waals surface area contributed by atoms with Gasteiger partial charge in [-0.2, -0.15) is 15.0 Å². The first-order valence-corrected chi connectivity index (χ1v) is 12.6. The molecule has 1 heterocycles. The number of aromatic hydroxyl groups is 1. The monoisotopic (exact) mass is 515 g/mol. The van der Waals surface area contributed by atoms with Gasteiger partial charge in [0.2, 0.25) is 10.6 Å². The van der Waals surface area contributed by atoms with Crippen LogP contribution in [0.15, 0.2) is 18.2 Å². The van der Waals surface area contributed by atoms with Crippen molar-refractivity contribution in [3.05, 3.63) is 28.8 Å². The Morgan fingerprint density at radius 1 is 0.765 bits per heavy atom. The SMILES string of the molecule is OCCCC(O)CCC(O)CCCCCCCCOc1ccc(-c2nc(Cl)nc(Cl)n2)c(O)c1. The van der Waals surface area contributed by atoms with Crippen molar-refractivity contribution in [2.75, 3.05) is 13.2 Å². The summed E-state index contributed by atoms with van der Waals surface area (Å²) in [5.41, 5.74) is 0.390. The van der Waals surface area contributed by atoms with Crippen LogP contribution in [-0.2, 0) is 0 Å². The lowest BCUT2D eigenvalue weighted by Crippen LogP contribution is -2.13.